The van der Waals surface area contributed by atoms with E-state index in [1.54, 1.807) is 25.3 Å². The van der Waals surface area contributed by atoms with Crippen molar-refractivity contribution in [3.63, 3.8) is 0 Å². The van der Waals surface area contributed by atoms with Gasteiger partial charge in [-0.05, 0) is 79.9 Å². The van der Waals surface area contributed by atoms with Gasteiger partial charge in [0.1, 0.15) is 17.4 Å². The van der Waals surface area contributed by atoms with Crippen LogP contribution in [0.4, 0.5) is 20.2 Å². The Morgan fingerprint density at radius 1 is 0.968 bits per heavy atom. The van der Waals surface area contributed by atoms with Gasteiger partial charge in [-0.1, -0.05) is 12.1 Å². The number of hydrogen-bond donors (Lipinski definition) is 1. The molecule has 2 heterocycles. The summed E-state index contributed by atoms with van der Waals surface area (Å²) in [5.74, 6) is 0.0387. The number of aryl methyl sites for hydroxylation is 1. The largest absolute Gasteiger partial charge is 0.496 e. The van der Waals surface area contributed by atoms with Crippen molar-refractivity contribution in [2.75, 3.05) is 17.3 Å². The molecular weight excluding hydrogens is 394 g/mol. The third-order valence-corrected chi connectivity index (χ3v) is 6.04. The topological polar surface area (TPSA) is 24.5 Å². The van der Waals surface area contributed by atoms with Crippen molar-refractivity contribution >= 4 is 17.1 Å². The normalized spacial score (nSPS) is 15.9. The molecule has 31 heavy (non-hydrogen) atoms. The number of benzene rings is 3. The van der Waals surface area contributed by atoms with Gasteiger partial charge in [0.05, 0.1) is 12.6 Å². The van der Waals surface area contributed by atoms with Crippen molar-refractivity contribution < 1.29 is 13.5 Å². The Hall–Kier alpha value is -3.34. The highest BCUT2D eigenvalue weighted by Gasteiger charge is 2.37. The summed E-state index contributed by atoms with van der Waals surface area (Å²) in [4.78, 5) is 2.16. The fourth-order valence-electron chi connectivity index (χ4n) is 4.69. The second-order valence-electron chi connectivity index (χ2n) is 8.75. The molecule has 0 atom stereocenters. The zero-order valence-electron chi connectivity index (χ0n) is 18.0. The minimum absolute atomic E-state index is 0.262. The Morgan fingerprint density at radius 2 is 1.71 bits per heavy atom. The summed E-state index contributed by atoms with van der Waals surface area (Å²) < 4.78 is 33.9. The SMILES string of the molecule is COc1ccc(F)cc1-c1ccc2c3c1CN(c1cc(F)ccc1C)C3=CC(C)(C)N2. The molecule has 0 radical (unpaired) electrons. The van der Waals surface area contributed by atoms with Crippen molar-refractivity contribution in [2.24, 2.45) is 0 Å². The molecule has 0 fully saturated rings. The summed E-state index contributed by atoms with van der Waals surface area (Å²) in [6.45, 7) is 6.77. The van der Waals surface area contributed by atoms with Gasteiger partial charge in [0, 0.05) is 34.7 Å². The first-order valence-electron chi connectivity index (χ1n) is 10.3. The molecule has 0 saturated heterocycles. The molecule has 2 aliphatic heterocycles. The van der Waals surface area contributed by atoms with E-state index < -0.39 is 0 Å². The van der Waals surface area contributed by atoms with E-state index >= 15 is 0 Å². The van der Waals surface area contributed by atoms with Gasteiger partial charge in [-0.25, -0.2) is 8.78 Å². The highest BCUT2D eigenvalue weighted by atomic mass is 19.1. The second-order valence-corrected chi connectivity index (χ2v) is 8.75. The Bertz CT molecular complexity index is 1250. The van der Waals surface area contributed by atoms with E-state index in [1.807, 2.05) is 19.1 Å². The Balaban J connectivity index is 1.76. The van der Waals surface area contributed by atoms with Crippen molar-refractivity contribution in [1.82, 2.24) is 0 Å². The summed E-state index contributed by atoms with van der Waals surface area (Å²) in [5, 5.41) is 3.58. The van der Waals surface area contributed by atoms with E-state index in [4.69, 9.17) is 4.74 Å². The Morgan fingerprint density at radius 3 is 2.48 bits per heavy atom. The van der Waals surface area contributed by atoms with E-state index in [-0.39, 0.29) is 17.2 Å². The van der Waals surface area contributed by atoms with Crippen molar-refractivity contribution in [3.05, 3.63) is 82.9 Å². The van der Waals surface area contributed by atoms with Gasteiger partial charge in [0.2, 0.25) is 0 Å². The first-order valence-corrected chi connectivity index (χ1v) is 10.3. The minimum atomic E-state index is -0.313. The molecule has 3 aromatic rings. The lowest BCUT2D eigenvalue weighted by Gasteiger charge is -2.33. The quantitative estimate of drug-likeness (QED) is 0.524. The molecule has 0 unspecified atom stereocenters. The van der Waals surface area contributed by atoms with E-state index in [2.05, 4.69) is 30.1 Å². The van der Waals surface area contributed by atoms with Gasteiger partial charge in [-0.2, -0.15) is 0 Å². The highest BCUT2D eigenvalue weighted by Crippen LogP contribution is 2.50. The maximum Gasteiger partial charge on any atom is 0.126 e. The molecule has 158 valence electrons. The fourth-order valence-corrected chi connectivity index (χ4v) is 4.69. The Labute approximate surface area is 181 Å². The zero-order valence-corrected chi connectivity index (χ0v) is 18.0. The standard InChI is InChI=1S/C26H24F2N2O/c1-15-5-6-17(28)12-22(15)30-14-20-18(19-11-16(27)7-10-24(19)31-4)8-9-21-25(20)23(30)13-26(2,3)29-21/h5-13,29H,14H2,1-4H3. The highest BCUT2D eigenvalue weighted by molar-refractivity contribution is 5.97. The number of methoxy groups -OCH3 is 1. The van der Waals surface area contributed by atoms with Gasteiger partial charge < -0.3 is 15.0 Å². The molecule has 0 aliphatic carbocycles. The maximum atomic E-state index is 14.2. The van der Waals surface area contributed by atoms with Gasteiger partial charge >= 0.3 is 0 Å². The van der Waals surface area contributed by atoms with Crippen LogP contribution in [0.25, 0.3) is 16.8 Å². The average molecular weight is 418 g/mol. The van der Waals surface area contributed by atoms with Crippen LogP contribution in [0.2, 0.25) is 0 Å². The van der Waals surface area contributed by atoms with Crippen LogP contribution in [0.3, 0.4) is 0 Å². The van der Waals surface area contributed by atoms with E-state index in [9.17, 15) is 8.78 Å². The summed E-state index contributed by atoms with van der Waals surface area (Å²) >= 11 is 0. The molecule has 0 saturated carbocycles. The number of hydrogen-bond acceptors (Lipinski definition) is 3. The summed E-state index contributed by atoms with van der Waals surface area (Å²) in [6.07, 6.45) is 2.18. The number of halogens is 2. The molecule has 5 heteroatoms. The fraction of sp³-hybridized carbons (Fsp3) is 0.231. The van der Waals surface area contributed by atoms with E-state index in [0.29, 0.717) is 17.9 Å². The van der Waals surface area contributed by atoms with Crippen LogP contribution in [0.5, 0.6) is 5.75 Å². The maximum absolute atomic E-state index is 14.2. The lowest BCUT2D eigenvalue weighted by atomic mass is 9.89. The van der Waals surface area contributed by atoms with Crippen molar-refractivity contribution in [1.29, 1.82) is 0 Å². The third kappa shape index (κ3) is 3.16. The average Bonchev–Trinajstić information content (AvgIpc) is 3.09. The van der Waals surface area contributed by atoms with E-state index in [1.165, 1.54) is 18.2 Å². The molecule has 2 aliphatic rings. The first kappa shape index (κ1) is 19.6. The summed E-state index contributed by atoms with van der Waals surface area (Å²) in [7, 11) is 1.59. The molecule has 1 N–H and O–H groups in total. The third-order valence-electron chi connectivity index (χ3n) is 6.04. The summed E-state index contributed by atoms with van der Waals surface area (Å²) in [5.41, 5.74) is 7.41. The lowest BCUT2D eigenvalue weighted by molar-refractivity contribution is 0.415. The van der Waals surface area contributed by atoms with Gasteiger partial charge in [0.25, 0.3) is 0 Å². The second kappa shape index (κ2) is 6.84. The van der Waals surface area contributed by atoms with E-state index in [0.717, 1.165) is 39.3 Å². The van der Waals surface area contributed by atoms with Crippen LogP contribution >= 0.6 is 0 Å². The van der Waals surface area contributed by atoms with Gasteiger partial charge in [-0.3, -0.25) is 0 Å². The van der Waals surface area contributed by atoms with Gasteiger partial charge in [-0.15, -0.1) is 0 Å². The molecule has 3 aromatic carbocycles. The first-order chi connectivity index (χ1) is 14.8. The van der Waals surface area contributed by atoms with Crippen LogP contribution in [0, 0.1) is 18.6 Å². The molecule has 5 rings (SSSR count). The monoisotopic (exact) mass is 418 g/mol. The molecule has 3 nitrogen and oxygen atoms in total. The van der Waals surface area contributed by atoms with Crippen LogP contribution in [-0.4, -0.2) is 12.6 Å². The van der Waals surface area contributed by atoms with Crippen LogP contribution in [-0.2, 0) is 6.54 Å². The molecule has 0 amide bonds. The summed E-state index contributed by atoms with van der Waals surface area (Å²) in [6, 6.07) is 13.5. The Kier molecular flexibility index (Phi) is 4.33. The lowest BCUT2D eigenvalue weighted by Crippen LogP contribution is -2.33. The van der Waals surface area contributed by atoms with Crippen LogP contribution in [0.1, 0.15) is 30.5 Å². The minimum Gasteiger partial charge on any atom is -0.496 e. The van der Waals surface area contributed by atoms with Crippen LogP contribution in [0.15, 0.2) is 54.6 Å². The smallest absolute Gasteiger partial charge is 0.126 e. The van der Waals surface area contributed by atoms with Crippen LogP contribution < -0.4 is 15.0 Å². The molecular formula is C26H24F2N2O. The number of nitrogens with zero attached hydrogens (tertiary/aromatic N) is 1. The number of nitrogens with one attached hydrogen (secondary N) is 1. The number of ether oxygens (including phenoxy) is 1. The predicted molar refractivity (Wildman–Crippen MR) is 121 cm³/mol. The van der Waals surface area contributed by atoms with Crippen molar-refractivity contribution in [2.45, 2.75) is 32.9 Å². The molecule has 0 spiro atoms. The molecule has 0 aromatic heterocycles. The number of rotatable bonds is 3. The van der Waals surface area contributed by atoms with Crippen molar-refractivity contribution in [3.8, 4) is 16.9 Å². The molecule has 0 bridgehead atoms. The number of anilines is 2. The van der Waals surface area contributed by atoms with Gasteiger partial charge in [0.15, 0.2) is 0 Å². The zero-order chi connectivity index (χ0) is 21.9. The predicted octanol–water partition coefficient (Wildman–Crippen LogP) is 6.51.